The fourth-order valence-electron chi connectivity index (χ4n) is 6.99. The molecule has 0 spiro atoms. The third-order valence-electron chi connectivity index (χ3n) is 10.8. The summed E-state index contributed by atoms with van der Waals surface area (Å²) in [6.45, 7) is 14.5. The van der Waals surface area contributed by atoms with Crippen molar-refractivity contribution >= 4 is 53.0 Å². The highest BCUT2D eigenvalue weighted by atomic mass is 16.7. The number of methoxy groups -OCH3 is 2. The lowest BCUT2D eigenvalue weighted by Gasteiger charge is -2.31. The Morgan fingerprint density at radius 3 is 2.14 bits per heavy atom. The highest BCUT2D eigenvalue weighted by Crippen LogP contribution is 2.38. The van der Waals surface area contributed by atoms with Crippen LogP contribution in [0.25, 0.3) is 0 Å². The summed E-state index contributed by atoms with van der Waals surface area (Å²) in [6, 6.07) is 4.05. The maximum Gasteiger partial charge on any atom is 0.280 e. The van der Waals surface area contributed by atoms with Gasteiger partial charge in [-0.25, -0.2) is 15.5 Å². The lowest BCUT2D eigenvalue weighted by molar-refractivity contribution is -0.146. The van der Waals surface area contributed by atoms with Crippen LogP contribution in [0.4, 0.5) is 11.4 Å². The van der Waals surface area contributed by atoms with Crippen LogP contribution < -0.4 is 45.2 Å². The van der Waals surface area contributed by atoms with E-state index in [1.165, 1.54) is 45.6 Å². The molecule has 2 aromatic carbocycles. The van der Waals surface area contributed by atoms with Crippen molar-refractivity contribution in [2.75, 3.05) is 46.5 Å². The third kappa shape index (κ3) is 11.8. The number of ether oxygens (including phenoxy) is 4. The van der Waals surface area contributed by atoms with Gasteiger partial charge in [0.2, 0.25) is 23.6 Å². The van der Waals surface area contributed by atoms with E-state index in [1.54, 1.807) is 57.1 Å². The van der Waals surface area contributed by atoms with Crippen LogP contribution in [0.5, 0.6) is 23.0 Å². The monoisotopic (exact) mass is 878 g/mol. The van der Waals surface area contributed by atoms with Crippen LogP contribution in [0.3, 0.4) is 0 Å². The van der Waals surface area contributed by atoms with Crippen LogP contribution in [0, 0.1) is 11.8 Å². The number of hydrazine groups is 1. The van der Waals surface area contributed by atoms with Gasteiger partial charge in [-0.2, -0.15) is 0 Å². The molecule has 2 heterocycles. The molecular weight excluding hydrogens is 817 g/mol. The second-order valence-corrected chi connectivity index (χ2v) is 15.5. The zero-order valence-electron chi connectivity index (χ0n) is 37.9. The first-order chi connectivity index (χ1) is 30.0. The SMILES string of the molecule is C=CNC(=O)c1cc(OC)c(OCCCOc2cc3c(cc2OC)C(=O)N(OC)C(CCC)C=N3)cc1N(C)C(C)NC(=O)[C@H](C)NC(=O)[C@@H](NN1C(=O)CC(CC)C1=O)C(C)C. The summed E-state index contributed by atoms with van der Waals surface area (Å²) in [5, 5.41) is 10.4. The highest BCUT2D eigenvalue weighted by molar-refractivity contribution is 6.04. The first kappa shape index (κ1) is 49.4. The van der Waals surface area contributed by atoms with Gasteiger partial charge >= 0.3 is 0 Å². The zero-order chi connectivity index (χ0) is 46.5. The summed E-state index contributed by atoms with van der Waals surface area (Å²) < 4.78 is 23.4. The van der Waals surface area contributed by atoms with Crippen LogP contribution in [-0.2, 0) is 24.0 Å². The second-order valence-electron chi connectivity index (χ2n) is 15.5. The average Bonchev–Trinajstić information content (AvgIpc) is 3.46. The Morgan fingerprint density at radius 1 is 0.921 bits per heavy atom. The number of hydrogen-bond donors (Lipinski definition) is 4. The average molecular weight is 879 g/mol. The summed E-state index contributed by atoms with van der Waals surface area (Å²) in [6.07, 6.45) is 4.68. The van der Waals surface area contributed by atoms with Crippen molar-refractivity contribution in [3.8, 4) is 23.0 Å². The molecule has 0 aromatic heterocycles. The van der Waals surface area contributed by atoms with E-state index in [9.17, 15) is 28.8 Å². The van der Waals surface area contributed by atoms with E-state index >= 15 is 0 Å². The molecule has 344 valence electrons. The number of imide groups is 1. The number of fused-ring (bicyclic) bond motifs is 1. The number of anilines is 1. The zero-order valence-corrected chi connectivity index (χ0v) is 37.9. The standard InChI is InChI=1S/C44H62N8O11/c1-12-16-29-24-46-32-22-36(34(59-9)20-30(32)44(58)52(29)61-11)62-17-15-18-63-37-23-33(31(21-35(37)60-10)41(55)45-14-3)50(8)27(7)48-40(54)26(6)47-42(56)39(25(4)5)49-51-38(53)19-28(13-2)43(51)57/h14,20-29,39,49H,3,12-13,15-19H2,1-2,4-11H3,(H,45,55)(H,47,56)(H,48,54)/t26-,27?,28?,29?,39-/m0/s1. The Balaban J connectivity index is 1.44. The fraction of sp³-hybridized carbons (Fsp3) is 0.523. The molecule has 0 aliphatic carbocycles. The van der Waals surface area contributed by atoms with Crippen molar-refractivity contribution in [1.82, 2.24) is 31.4 Å². The number of carbonyl (C=O) groups is 6. The molecule has 6 amide bonds. The van der Waals surface area contributed by atoms with E-state index in [4.69, 9.17) is 23.8 Å². The summed E-state index contributed by atoms with van der Waals surface area (Å²) in [5.74, 6) is -2.20. The normalized spacial score (nSPS) is 17.3. The van der Waals surface area contributed by atoms with Gasteiger partial charge in [-0.15, -0.1) is 0 Å². The number of nitrogens with zero attached hydrogens (tertiary/aromatic N) is 4. The topological polar surface area (TPSA) is 219 Å². The summed E-state index contributed by atoms with van der Waals surface area (Å²) in [5.41, 5.74) is 4.09. The maximum atomic E-state index is 13.5. The molecule has 1 fully saturated rings. The summed E-state index contributed by atoms with van der Waals surface area (Å²) in [4.78, 5) is 90.4. The van der Waals surface area contributed by atoms with Gasteiger partial charge < -0.3 is 39.8 Å². The van der Waals surface area contributed by atoms with Gasteiger partial charge in [0.15, 0.2) is 23.0 Å². The second kappa shape index (κ2) is 22.8. The number of benzene rings is 2. The molecule has 4 N–H and O–H groups in total. The quantitative estimate of drug-likeness (QED) is 0.0705. The number of aliphatic imine (C=N–C) groups is 1. The molecule has 2 aromatic rings. The number of rotatable bonds is 23. The molecule has 4 rings (SSSR count). The minimum Gasteiger partial charge on any atom is -0.493 e. The Hall–Kier alpha value is -6.21. The predicted octanol–water partition coefficient (Wildman–Crippen LogP) is 4.03. The molecule has 2 aliphatic heterocycles. The Morgan fingerprint density at radius 2 is 1.57 bits per heavy atom. The van der Waals surface area contributed by atoms with E-state index in [-0.39, 0.29) is 54.7 Å². The van der Waals surface area contributed by atoms with E-state index in [0.29, 0.717) is 53.4 Å². The predicted molar refractivity (Wildman–Crippen MR) is 235 cm³/mol. The van der Waals surface area contributed by atoms with E-state index in [2.05, 4.69) is 32.9 Å². The van der Waals surface area contributed by atoms with Crippen LogP contribution in [-0.4, -0.2) is 118 Å². The first-order valence-electron chi connectivity index (χ1n) is 21.0. The molecule has 0 radical (unpaired) electrons. The minimum absolute atomic E-state index is 0.0658. The van der Waals surface area contributed by atoms with Crippen molar-refractivity contribution < 1.29 is 52.6 Å². The number of amides is 6. The lowest BCUT2D eigenvalue weighted by Crippen LogP contribution is -2.59. The first-order valence-corrected chi connectivity index (χ1v) is 21.0. The number of hydroxylamine groups is 2. The minimum atomic E-state index is -1.02. The third-order valence-corrected chi connectivity index (χ3v) is 10.8. The molecular formula is C44H62N8O11. The number of carbonyl (C=O) groups excluding carboxylic acids is 6. The Bertz CT molecular complexity index is 2040. The van der Waals surface area contributed by atoms with Gasteiger partial charge in [0.25, 0.3) is 11.8 Å². The van der Waals surface area contributed by atoms with Gasteiger partial charge in [0.1, 0.15) is 12.1 Å². The Labute approximate surface area is 368 Å². The van der Waals surface area contributed by atoms with Crippen LogP contribution >= 0.6 is 0 Å². The van der Waals surface area contributed by atoms with E-state index in [1.807, 2.05) is 13.8 Å². The van der Waals surface area contributed by atoms with Crippen molar-refractivity contribution in [1.29, 1.82) is 0 Å². The van der Waals surface area contributed by atoms with Gasteiger partial charge in [-0.1, -0.05) is 40.7 Å². The van der Waals surface area contributed by atoms with Gasteiger partial charge in [-0.3, -0.25) is 38.6 Å². The smallest absolute Gasteiger partial charge is 0.280 e. The fourth-order valence-corrected chi connectivity index (χ4v) is 6.99. The van der Waals surface area contributed by atoms with Gasteiger partial charge in [0.05, 0.1) is 69.3 Å². The van der Waals surface area contributed by atoms with Crippen molar-refractivity contribution in [2.24, 2.45) is 16.8 Å². The van der Waals surface area contributed by atoms with Crippen LogP contribution in [0.1, 0.15) is 94.4 Å². The largest absolute Gasteiger partial charge is 0.493 e. The molecule has 19 heteroatoms. The molecule has 1 saturated heterocycles. The Kier molecular flexibility index (Phi) is 17.9. The molecule has 0 bridgehead atoms. The molecule has 2 aliphatic rings. The summed E-state index contributed by atoms with van der Waals surface area (Å²) in [7, 11) is 6.04. The number of nitrogens with one attached hydrogen (secondary N) is 4. The van der Waals surface area contributed by atoms with Crippen LogP contribution in [0.2, 0.25) is 0 Å². The maximum absolute atomic E-state index is 13.5. The van der Waals surface area contributed by atoms with E-state index in [0.717, 1.165) is 11.4 Å². The van der Waals surface area contributed by atoms with Crippen LogP contribution in [0.15, 0.2) is 42.0 Å². The van der Waals surface area contributed by atoms with Gasteiger partial charge in [0, 0.05) is 44.2 Å². The highest BCUT2D eigenvalue weighted by Gasteiger charge is 2.40. The molecule has 63 heavy (non-hydrogen) atoms. The van der Waals surface area contributed by atoms with Gasteiger partial charge in [-0.05, 0) is 50.9 Å². The lowest BCUT2D eigenvalue weighted by atomic mass is 10.0. The van der Waals surface area contributed by atoms with E-state index < -0.39 is 47.8 Å². The summed E-state index contributed by atoms with van der Waals surface area (Å²) >= 11 is 0. The number of hydrogen-bond acceptors (Lipinski definition) is 14. The van der Waals surface area contributed by atoms with Crippen molar-refractivity contribution in [2.45, 2.75) is 97.9 Å². The van der Waals surface area contributed by atoms with Crippen molar-refractivity contribution in [3.63, 3.8) is 0 Å². The van der Waals surface area contributed by atoms with Crippen molar-refractivity contribution in [3.05, 3.63) is 48.2 Å². The molecule has 19 nitrogen and oxygen atoms in total. The molecule has 0 saturated carbocycles. The molecule has 5 atom stereocenters. The molecule has 3 unspecified atom stereocenters.